The standard InChI is InChI=1S/C20H24ClN4/c1-13-3-5-16-18(13)19(24-12-23-16)25(2)11-20(7-8-22-10-20)15-9-14(21)4-6-17(15)25/h4,6,9,12-13,22H,3,5,7-8,10-11H2,1-2H3/q+1/t13-,20?,25+/m1/s1. The van der Waals surface area contributed by atoms with Gasteiger partial charge in [-0.1, -0.05) is 18.5 Å². The molecule has 1 fully saturated rings. The Morgan fingerprint density at radius 2 is 2.20 bits per heavy atom. The van der Waals surface area contributed by atoms with Crippen LogP contribution < -0.4 is 9.80 Å². The summed E-state index contributed by atoms with van der Waals surface area (Å²) in [7, 11) is 2.33. The van der Waals surface area contributed by atoms with E-state index >= 15 is 0 Å². The summed E-state index contributed by atoms with van der Waals surface area (Å²) >= 11 is 6.39. The van der Waals surface area contributed by atoms with E-state index in [-0.39, 0.29) is 5.41 Å². The minimum atomic E-state index is 0.161. The van der Waals surface area contributed by atoms with E-state index in [1.165, 1.54) is 34.7 Å². The highest BCUT2D eigenvalue weighted by atomic mass is 35.5. The average molecular weight is 356 g/mol. The lowest BCUT2D eigenvalue weighted by molar-refractivity contribution is 0.366. The molecule has 5 heteroatoms. The molecule has 1 saturated heterocycles. The van der Waals surface area contributed by atoms with Crippen LogP contribution >= 0.6 is 11.6 Å². The molecule has 1 unspecified atom stereocenters. The van der Waals surface area contributed by atoms with Crippen LogP contribution in [0.4, 0.5) is 11.5 Å². The van der Waals surface area contributed by atoms with Gasteiger partial charge in [-0.15, -0.1) is 0 Å². The molecule has 1 aromatic carbocycles. The monoisotopic (exact) mass is 355 g/mol. The first-order chi connectivity index (χ1) is 12.0. The van der Waals surface area contributed by atoms with Gasteiger partial charge in [-0.05, 0) is 43.9 Å². The van der Waals surface area contributed by atoms with Crippen molar-refractivity contribution >= 4 is 23.1 Å². The number of benzene rings is 1. The second-order valence-corrected chi connectivity index (χ2v) is 8.65. The number of likely N-dealkylation sites (N-methyl/N-ethyl adjacent to an activating group) is 1. The number of nitrogens with one attached hydrogen (secondary N) is 1. The van der Waals surface area contributed by atoms with Crippen LogP contribution in [0, 0.1) is 0 Å². The molecule has 1 aromatic heterocycles. The largest absolute Gasteiger partial charge is 0.316 e. The van der Waals surface area contributed by atoms with Crippen molar-refractivity contribution in [3.05, 3.63) is 46.4 Å². The average Bonchev–Trinajstić information content (AvgIpc) is 3.28. The predicted molar refractivity (Wildman–Crippen MR) is 102 cm³/mol. The first-order valence-corrected chi connectivity index (χ1v) is 9.62. The van der Waals surface area contributed by atoms with Crippen molar-refractivity contribution < 1.29 is 0 Å². The Hall–Kier alpha value is -1.49. The molecule has 0 saturated carbocycles. The summed E-state index contributed by atoms with van der Waals surface area (Å²) in [5, 5.41) is 4.41. The van der Waals surface area contributed by atoms with Crippen LogP contribution in [0.25, 0.3) is 0 Å². The fraction of sp³-hybridized carbons (Fsp3) is 0.500. The van der Waals surface area contributed by atoms with Crippen LogP contribution in [0.15, 0.2) is 24.5 Å². The highest BCUT2D eigenvalue weighted by molar-refractivity contribution is 6.30. The maximum absolute atomic E-state index is 6.39. The van der Waals surface area contributed by atoms with Crippen LogP contribution in [0.2, 0.25) is 5.02 Å². The first-order valence-electron chi connectivity index (χ1n) is 9.25. The smallest absolute Gasteiger partial charge is 0.239 e. The van der Waals surface area contributed by atoms with Crippen LogP contribution in [0.3, 0.4) is 0 Å². The molecule has 5 rings (SSSR count). The van der Waals surface area contributed by atoms with Gasteiger partial charge >= 0.3 is 0 Å². The lowest BCUT2D eigenvalue weighted by Gasteiger charge is -2.32. The van der Waals surface area contributed by atoms with E-state index in [0.717, 1.165) is 42.0 Å². The van der Waals surface area contributed by atoms with Gasteiger partial charge in [0.15, 0.2) is 0 Å². The molecule has 1 spiro atoms. The van der Waals surface area contributed by atoms with Gasteiger partial charge in [-0.2, -0.15) is 4.98 Å². The number of rotatable bonds is 1. The zero-order chi connectivity index (χ0) is 17.2. The highest BCUT2D eigenvalue weighted by Crippen LogP contribution is 2.53. The molecule has 3 heterocycles. The summed E-state index contributed by atoms with van der Waals surface area (Å²) in [6, 6.07) is 6.44. The summed E-state index contributed by atoms with van der Waals surface area (Å²) in [4.78, 5) is 9.42. The van der Waals surface area contributed by atoms with Crippen molar-refractivity contribution in [1.29, 1.82) is 0 Å². The van der Waals surface area contributed by atoms with Crippen LogP contribution in [-0.2, 0) is 11.8 Å². The van der Waals surface area contributed by atoms with E-state index in [9.17, 15) is 0 Å². The summed E-state index contributed by atoms with van der Waals surface area (Å²) in [5.41, 5.74) is 5.56. The van der Waals surface area contributed by atoms with Gasteiger partial charge < -0.3 is 5.32 Å². The number of nitrogens with zero attached hydrogens (tertiary/aromatic N) is 3. The molecule has 2 aromatic rings. The fourth-order valence-corrected chi connectivity index (χ4v) is 5.62. The minimum Gasteiger partial charge on any atom is -0.316 e. The van der Waals surface area contributed by atoms with Crippen molar-refractivity contribution in [2.45, 2.75) is 37.5 Å². The molecule has 130 valence electrons. The third kappa shape index (κ3) is 2.08. The molecule has 0 amide bonds. The lowest BCUT2D eigenvalue weighted by atomic mass is 9.81. The maximum Gasteiger partial charge on any atom is 0.239 e. The van der Waals surface area contributed by atoms with Gasteiger partial charge in [0.25, 0.3) is 0 Å². The summed E-state index contributed by atoms with van der Waals surface area (Å²) in [5.74, 6) is 1.73. The second-order valence-electron chi connectivity index (χ2n) is 8.22. The fourth-order valence-electron chi connectivity index (χ4n) is 5.45. The SMILES string of the molecule is C[C@@H]1CCc2ncnc([N@@+]3(C)CC4(CCNC4)c4cc(Cl)ccc43)c21. The van der Waals surface area contributed by atoms with Crippen molar-refractivity contribution in [2.24, 2.45) is 0 Å². The normalized spacial score (nSPS) is 33.0. The third-order valence-corrected chi connectivity index (χ3v) is 6.88. The summed E-state index contributed by atoms with van der Waals surface area (Å²) in [6.07, 6.45) is 5.19. The van der Waals surface area contributed by atoms with Gasteiger partial charge in [0, 0.05) is 23.2 Å². The third-order valence-electron chi connectivity index (χ3n) is 6.64. The van der Waals surface area contributed by atoms with E-state index in [4.69, 9.17) is 16.6 Å². The predicted octanol–water partition coefficient (Wildman–Crippen LogP) is 3.69. The topological polar surface area (TPSA) is 37.8 Å². The Morgan fingerprint density at radius 3 is 3.00 bits per heavy atom. The summed E-state index contributed by atoms with van der Waals surface area (Å²) in [6.45, 7) is 5.46. The minimum absolute atomic E-state index is 0.161. The highest BCUT2D eigenvalue weighted by Gasteiger charge is 2.55. The summed E-state index contributed by atoms with van der Waals surface area (Å²) < 4.78 is 0.767. The molecule has 0 bridgehead atoms. The van der Waals surface area contributed by atoms with E-state index in [0.29, 0.717) is 5.92 Å². The lowest BCUT2D eigenvalue weighted by Crippen LogP contribution is -2.45. The van der Waals surface area contributed by atoms with Gasteiger partial charge in [0.05, 0.1) is 23.7 Å². The zero-order valence-electron chi connectivity index (χ0n) is 14.8. The molecule has 4 nitrogen and oxygen atoms in total. The van der Waals surface area contributed by atoms with Crippen molar-refractivity contribution in [3.8, 4) is 0 Å². The number of hydrogen-bond acceptors (Lipinski definition) is 3. The molecule has 2 aliphatic heterocycles. The van der Waals surface area contributed by atoms with Crippen LogP contribution in [0.1, 0.15) is 42.5 Å². The molecular weight excluding hydrogens is 332 g/mol. The molecular formula is C20H24ClN4+. The number of aromatic nitrogens is 2. The van der Waals surface area contributed by atoms with Crippen molar-refractivity contribution in [3.63, 3.8) is 0 Å². The Kier molecular flexibility index (Phi) is 3.31. The Balaban J connectivity index is 1.75. The molecule has 1 N–H and O–H groups in total. The van der Waals surface area contributed by atoms with E-state index in [2.05, 4.69) is 36.4 Å². The van der Waals surface area contributed by atoms with Crippen LogP contribution in [-0.4, -0.2) is 36.6 Å². The number of aryl methyl sites for hydroxylation is 1. The maximum atomic E-state index is 6.39. The van der Waals surface area contributed by atoms with Gasteiger partial charge in [-0.25, -0.2) is 9.47 Å². The van der Waals surface area contributed by atoms with Crippen molar-refractivity contribution in [1.82, 2.24) is 19.8 Å². The van der Waals surface area contributed by atoms with Gasteiger partial charge in [-0.3, -0.25) is 0 Å². The number of fused-ring (bicyclic) bond motifs is 3. The van der Waals surface area contributed by atoms with E-state index < -0.39 is 0 Å². The molecule has 3 aliphatic rings. The molecule has 1 aliphatic carbocycles. The van der Waals surface area contributed by atoms with Gasteiger partial charge in [0.1, 0.15) is 18.6 Å². The van der Waals surface area contributed by atoms with E-state index in [1.54, 1.807) is 6.33 Å². The Bertz CT molecular complexity index is 859. The number of halogens is 1. The second kappa shape index (κ2) is 5.26. The van der Waals surface area contributed by atoms with Crippen LogP contribution in [0.5, 0.6) is 0 Å². The van der Waals surface area contributed by atoms with E-state index in [1.807, 2.05) is 6.07 Å². The Morgan fingerprint density at radius 1 is 1.32 bits per heavy atom. The molecule has 3 atom stereocenters. The van der Waals surface area contributed by atoms with Crippen molar-refractivity contribution in [2.75, 3.05) is 26.7 Å². The Labute approximate surface area is 153 Å². The zero-order valence-corrected chi connectivity index (χ0v) is 15.6. The molecule has 0 radical (unpaired) electrons. The molecule has 25 heavy (non-hydrogen) atoms. The van der Waals surface area contributed by atoms with Gasteiger partial charge in [0.2, 0.25) is 5.82 Å². The number of hydrogen-bond donors (Lipinski definition) is 1. The quantitative estimate of drug-likeness (QED) is 0.793. The number of quaternary nitrogens is 1. The first kappa shape index (κ1) is 15.7.